The molecular weight excluding hydrogens is 316 g/mol. The van der Waals surface area contributed by atoms with E-state index in [1.54, 1.807) is 18.3 Å². The van der Waals surface area contributed by atoms with Crippen LogP contribution in [0.1, 0.15) is 47.9 Å². The predicted molar refractivity (Wildman–Crippen MR) is 94.4 cm³/mol. The molecule has 0 unspecified atom stereocenters. The van der Waals surface area contributed by atoms with Crippen molar-refractivity contribution in [1.29, 1.82) is 5.26 Å². The Morgan fingerprint density at radius 2 is 2.16 bits per heavy atom. The van der Waals surface area contributed by atoms with Gasteiger partial charge in [-0.05, 0) is 30.5 Å². The minimum Gasteiger partial charge on any atom is -0.354 e. The van der Waals surface area contributed by atoms with Gasteiger partial charge in [0.25, 0.3) is 5.91 Å². The summed E-state index contributed by atoms with van der Waals surface area (Å²) in [6.45, 7) is 6.81. The molecule has 0 bridgehead atoms. The Morgan fingerprint density at radius 3 is 2.88 bits per heavy atom. The number of nitriles is 1. The van der Waals surface area contributed by atoms with Crippen LogP contribution in [-0.4, -0.2) is 52.2 Å². The Hall–Kier alpha value is -2.88. The van der Waals surface area contributed by atoms with Crippen LogP contribution < -0.4 is 4.90 Å². The van der Waals surface area contributed by atoms with Crippen LogP contribution in [0.25, 0.3) is 0 Å². The summed E-state index contributed by atoms with van der Waals surface area (Å²) >= 11 is 0. The number of pyridine rings is 1. The van der Waals surface area contributed by atoms with Crippen LogP contribution in [-0.2, 0) is 0 Å². The third kappa shape index (κ3) is 3.63. The summed E-state index contributed by atoms with van der Waals surface area (Å²) < 4.78 is 0. The molecule has 2 aromatic heterocycles. The molecule has 0 spiro atoms. The van der Waals surface area contributed by atoms with Gasteiger partial charge in [-0.25, -0.2) is 4.98 Å². The Balaban J connectivity index is 1.71. The highest BCUT2D eigenvalue weighted by atomic mass is 16.2. The first-order valence-corrected chi connectivity index (χ1v) is 8.54. The molecule has 3 rings (SSSR count). The lowest BCUT2D eigenvalue weighted by Crippen LogP contribution is -2.35. The van der Waals surface area contributed by atoms with Crippen molar-refractivity contribution in [2.24, 2.45) is 0 Å². The van der Waals surface area contributed by atoms with Gasteiger partial charge in [0.1, 0.15) is 17.6 Å². The molecule has 25 heavy (non-hydrogen) atoms. The first kappa shape index (κ1) is 17.0. The van der Waals surface area contributed by atoms with E-state index in [1.807, 2.05) is 11.0 Å². The molecule has 1 saturated heterocycles. The van der Waals surface area contributed by atoms with Crippen molar-refractivity contribution in [3.63, 3.8) is 0 Å². The van der Waals surface area contributed by atoms with Crippen LogP contribution in [0.4, 0.5) is 5.82 Å². The Bertz CT molecular complexity index is 791. The van der Waals surface area contributed by atoms with E-state index in [2.05, 4.69) is 40.0 Å². The molecule has 0 aromatic carbocycles. The highest BCUT2D eigenvalue weighted by molar-refractivity contribution is 5.92. The summed E-state index contributed by atoms with van der Waals surface area (Å²) in [5, 5.41) is 16.4. The van der Waals surface area contributed by atoms with E-state index in [0.717, 1.165) is 18.7 Å². The summed E-state index contributed by atoms with van der Waals surface area (Å²) in [5.74, 6) is 0.954. The highest BCUT2D eigenvalue weighted by Gasteiger charge is 2.24. The molecule has 1 aliphatic rings. The number of hydrogen-bond donors (Lipinski definition) is 1. The maximum absolute atomic E-state index is 12.7. The summed E-state index contributed by atoms with van der Waals surface area (Å²) in [6.07, 6.45) is 2.52. The number of aromatic nitrogens is 3. The lowest BCUT2D eigenvalue weighted by atomic mass is 10.1. The highest BCUT2D eigenvalue weighted by Crippen LogP contribution is 2.19. The number of H-pyrrole nitrogens is 1. The molecule has 0 aliphatic carbocycles. The number of carbonyl (C=O) groups excluding carboxylic acids is 1. The number of nitrogens with zero attached hydrogens (tertiary/aromatic N) is 5. The van der Waals surface area contributed by atoms with Crippen LogP contribution in [0.3, 0.4) is 0 Å². The largest absolute Gasteiger partial charge is 0.354 e. The van der Waals surface area contributed by atoms with Crippen molar-refractivity contribution in [1.82, 2.24) is 20.1 Å². The van der Waals surface area contributed by atoms with E-state index in [1.165, 1.54) is 0 Å². The summed E-state index contributed by atoms with van der Waals surface area (Å²) in [5.41, 5.74) is 2.00. The number of aromatic amines is 1. The van der Waals surface area contributed by atoms with Crippen molar-refractivity contribution in [3.05, 3.63) is 41.3 Å². The molecule has 1 amide bonds. The quantitative estimate of drug-likeness (QED) is 0.926. The van der Waals surface area contributed by atoms with E-state index in [0.29, 0.717) is 42.6 Å². The maximum Gasteiger partial charge on any atom is 0.274 e. The molecule has 0 saturated carbocycles. The molecule has 1 fully saturated rings. The standard InChI is InChI=1S/C18H22N6O/c1-13(2)15-11-16(22-21-15)18(25)24-8-4-7-23(9-10-24)17-14(12-19)5-3-6-20-17/h3,5-6,11,13H,4,7-10H2,1-2H3,(H,21,22). The van der Waals surface area contributed by atoms with Crippen LogP contribution in [0, 0.1) is 11.3 Å². The predicted octanol–water partition coefficient (Wildman–Crippen LogP) is 2.15. The molecule has 1 N–H and O–H groups in total. The van der Waals surface area contributed by atoms with Gasteiger partial charge < -0.3 is 9.80 Å². The van der Waals surface area contributed by atoms with Crippen molar-refractivity contribution < 1.29 is 4.79 Å². The molecular formula is C18H22N6O. The zero-order valence-electron chi connectivity index (χ0n) is 14.6. The Kier molecular flexibility index (Phi) is 4.98. The summed E-state index contributed by atoms with van der Waals surface area (Å²) in [6, 6.07) is 7.56. The fraction of sp³-hybridized carbons (Fsp3) is 0.444. The van der Waals surface area contributed by atoms with Gasteiger partial charge >= 0.3 is 0 Å². The zero-order chi connectivity index (χ0) is 17.8. The number of amides is 1. The molecule has 130 valence electrons. The summed E-state index contributed by atoms with van der Waals surface area (Å²) in [4.78, 5) is 21.0. The smallest absolute Gasteiger partial charge is 0.274 e. The van der Waals surface area contributed by atoms with Crippen molar-refractivity contribution in [2.75, 3.05) is 31.1 Å². The number of carbonyl (C=O) groups is 1. The lowest BCUT2D eigenvalue weighted by molar-refractivity contribution is 0.0761. The lowest BCUT2D eigenvalue weighted by Gasteiger charge is -2.23. The zero-order valence-corrected chi connectivity index (χ0v) is 14.6. The fourth-order valence-corrected chi connectivity index (χ4v) is 2.97. The number of anilines is 1. The van der Waals surface area contributed by atoms with Crippen LogP contribution in [0.2, 0.25) is 0 Å². The monoisotopic (exact) mass is 338 g/mol. The van der Waals surface area contributed by atoms with Gasteiger partial charge in [0, 0.05) is 38.1 Å². The molecule has 3 heterocycles. The first-order valence-electron chi connectivity index (χ1n) is 8.54. The Morgan fingerprint density at radius 1 is 1.32 bits per heavy atom. The maximum atomic E-state index is 12.7. The average molecular weight is 338 g/mol. The van der Waals surface area contributed by atoms with Crippen LogP contribution >= 0.6 is 0 Å². The number of hydrogen-bond acceptors (Lipinski definition) is 5. The molecule has 1 aliphatic heterocycles. The van der Waals surface area contributed by atoms with Gasteiger partial charge in [0.05, 0.1) is 5.56 Å². The first-order chi connectivity index (χ1) is 12.1. The van der Waals surface area contributed by atoms with Gasteiger partial charge in [-0.15, -0.1) is 0 Å². The molecule has 7 heteroatoms. The SMILES string of the molecule is CC(C)c1cc(C(=O)N2CCCN(c3ncccc3C#N)CC2)n[nH]1. The van der Waals surface area contributed by atoms with Gasteiger partial charge in [0.2, 0.25) is 0 Å². The normalized spacial score (nSPS) is 15.1. The molecule has 0 atom stereocenters. The molecule has 7 nitrogen and oxygen atoms in total. The third-order valence-corrected chi connectivity index (χ3v) is 4.43. The molecule has 2 aromatic rings. The van der Waals surface area contributed by atoms with E-state index in [9.17, 15) is 10.1 Å². The van der Waals surface area contributed by atoms with Gasteiger partial charge in [-0.1, -0.05) is 13.8 Å². The minimum atomic E-state index is -0.0495. The fourth-order valence-electron chi connectivity index (χ4n) is 2.97. The average Bonchev–Trinajstić information content (AvgIpc) is 3.00. The van der Waals surface area contributed by atoms with E-state index in [4.69, 9.17) is 0 Å². The summed E-state index contributed by atoms with van der Waals surface area (Å²) in [7, 11) is 0. The second kappa shape index (κ2) is 7.34. The second-order valence-electron chi connectivity index (χ2n) is 6.48. The van der Waals surface area contributed by atoms with Crippen LogP contribution in [0.5, 0.6) is 0 Å². The van der Waals surface area contributed by atoms with E-state index in [-0.39, 0.29) is 5.91 Å². The van der Waals surface area contributed by atoms with Crippen molar-refractivity contribution in [3.8, 4) is 6.07 Å². The second-order valence-corrected chi connectivity index (χ2v) is 6.48. The van der Waals surface area contributed by atoms with E-state index < -0.39 is 0 Å². The van der Waals surface area contributed by atoms with Crippen LogP contribution in [0.15, 0.2) is 24.4 Å². The third-order valence-electron chi connectivity index (χ3n) is 4.43. The van der Waals surface area contributed by atoms with Gasteiger partial charge in [-0.3, -0.25) is 9.89 Å². The van der Waals surface area contributed by atoms with Crippen molar-refractivity contribution in [2.45, 2.75) is 26.2 Å². The van der Waals surface area contributed by atoms with Gasteiger partial charge in [-0.2, -0.15) is 10.4 Å². The number of rotatable bonds is 3. The van der Waals surface area contributed by atoms with Crippen molar-refractivity contribution >= 4 is 11.7 Å². The topological polar surface area (TPSA) is 88.9 Å². The number of nitrogens with one attached hydrogen (secondary N) is 1. The van der Waals surface area contributed by atoms with E-state index >= 15 is 0 Å². The Labute approximate surface area is 147 Å². The van der Waals surface area contributed by atoms with Gasteiger partial charge in [0.15, 0.2) is 0 Å². The minimum absolute atomic E-state index is 0.0495. The molecule has 0 radical (unpaired) electrons.